The van der Waals surface area contributed by atoms with Crippen molar-refractivity contribution in [1.82, 2.24) is 9.97 Å². The number of rotatable bonds is 6. The van der Waals surface area contributed by atoms with Gasteiger partial charge in [0.1, 0.15) is 6.10 Å². The Bertz CT molecular complexity index is 816. The molecule has 28 heavy (non-hydrogen) atoms. The Morgan fingerprint density at radius 1 is 1.21 bits per heavy atom. The Balaban J connectivity index is 1.47. The summed E-state index contributed by atoms with van der Waals surface area (Å²) in [6, 6.07) is 7.73. The number of fused-ring (bicyclic) bond motifs is 1. The molecule has 7 heteroatoms. The fraction of sp³-hybridized carbons (Fsp3) is 0.571. The van der Waals surface area contributed by atoms with E-state index < -0.39 is 6.10 Å². The maximum Gasteiger partial charge on any atom is 0.254 e. The van der Waals surface area contributed by atoms with E-state index in [4.69, 9.17) is 14.5 Å². The predicted octanol–water partition coefficient (Wildman–Crippen LogP) is 3.14. The van der Waals surface area contributed by atoms with E-state index in [0.29, 0.717) is 12.4 Å². The summed E-state index contributed by atoms with van der Waals surface area (Å²) in [5.41, 5.74) is 1.60. The average Bonchev–Trinajstić information content (AvgIpc) is 3.27. The normalized spacial score (nSPS) is 21.0. The smallest absolute Gasteiger partial charge is 0.254 e. The van der Waals surface area contributed by atoms with Crippen LogP contribution in [-0.4, -0.2) is 54.4 Å². The van der Waals surface area contributed by atoms with Crippen LogP contribution in [0.1, 0.15) is 39.0 Å². The summed E-state index contributed by atoms with van der Waals surface area (Å²) in [6.45, 7) is 4.85. The number of carbonyl (C=O) groups is 1. The molecule has 4 rings (SSSR count). The number of ether oxygens (including phenoxy) is 2. The molecule has 1 aromatic carbocycles. The van der Waals surface area contributed by atoms with Gasteiger partial charge in [-0.3, -0.25) is 4.79 Å². The molecule has 0 spiro atoms. The molecule has 0 bridgehead atoms. The number of benzene rings is 1. The fourth-order valence-corrected chi connectivity index (χ4v) is 3.71. The van der Waals surface area contributed by atoms with Gasteiger partial charge < -0.3 is 19.7 Å². The first-order chi connectivity index (χ1) is 13.7. The Labute approximate surface area is 165 Å². The molecule has 2 aromatic rings. The van der Waals surface area contributed by atoms with Crippen molar-refractivity contribution >= 4 is 28.6 Å². The first-order valence-corrected chi connectivity index (χ1v) is 10.3. The lowest BCUT2D eigenvalue weighted by atomic mass is 10.1. The van der Waals surface area contributed by atoms with Crippen molar-refractivity contribution in [1.29, 1.82) is 0 Å². The molecule has 1 N–H and O–H groups in total. The number of hydrogen-bond acceptors (Lipinski definition) is 6. The number of amides is 1. The van der Waals surface area contributed by atoms with Gasteiger partial charge in [0.25, 0.3) is 5.91 Å². The van der Waals surface area contributed by atoms with E-state index in [1.807, 2.05) is 24.3 Å². The minimum atomic E-state index is -0.578. The number of para-hydroxylation sites is 2. The van der Waals surface area contributed by atoms with Gasteiger partial charge in [0.2, 0.25) is 0 Å². The van der Waals surface area contributed by atoms with Gasteiger partial charge in [-0.05, 0) is 51.2 Å². The first-order valence-electron chi connectivity index (χ1n) is 10.3. The zero-order chi connectivity index (χ0) is 19.3. The summed E-state index contributed by atoms with van der Waals surface area (Å²) in [6.07, 6.45) is 5.01. The largest absolute Gasteiger partial charge is 0.376 e. The Morgan fingerprint density at radius 3 is 2.68 bits per heavy atom. The monoisotopic (exact) mass is 384 g/mol. The molecule has 7 nitrogen and oxygen atoms in total. The average molecular weight is 384 g/mol. The SMILES string of the molecule is CC(OCC1CCCCO1)C(=O)Nc1nc2ccccc2nc1N1CCCC1. The van der Waals surface area contributed by atoms with Crippen molar-refractivity contribution < 1.29 is 14.3 Å². The highest BCUT2D eigenvalue weighted by atomic mass is 16.5. The molecule has 2 unspecified atom stereocenters. The summed E-state index contributed by atoms with van der Waals surface area (Å²) in [5.74, 6) is 1.04. The molecular weight excluding hydrogens is 356 g/mol. The van der Waals surface area contributed by atoms with Crippen LogP contribution in [-0.2, 0) is 14.3 Å². The summed E-state index contributed by atoms with van der Waals surface area (Å²) >= 11 is 0. The second-order valence-electron chi connectivity index (χ2n) is 7.53. The number of anilines is 2. The van der Waals surface area contributed by atoms with E-state index in [1.165, 1.54) is 0 Å². The maximum absolute atomic E-state index is 12.7. The number of carbonyl (C=O) groups excluding carboxylic acids is 1. The predicted molar refractivity (Wildman–Crippen MR) is 109 cm³/mol. The highest BCUT2D eigenvalue weighted by Crippen LogP contribution is 2.28. The van der Waals surface area contributed by atoms with Crippen molar-refractivity contribution in [2.24, 2.45) is 0 Å². The zero-order valence-corrected chi connectivity index (χ0v) is 16.4. The minimum Gasteiger partial charge on any atom is -0.376 e. The molecule has 2 aliphatic heterocycles. The molecule has 2 fully saturated rings. The van der Waals surface area contributed by atoms with Crippen molar-refractivity contribution in [2.75, 3.05) is 36.5 Å². The van der Waals surface area contributed by atoms with Crippen LogP contribution in [0.5, 0.6) is 0 Å². The molecule has 150 valence electrons. The van der Waals surface area contributed by atoms with Crippen molar-refractivity contribution in [3.8, 4) is 0 Å². The number of aromatic nitrogens is 2. The van der Waals surface area contributed by atoms with Crippen LogP contribution in [0, 0.1) is 0 Å². The summed E-state index contributed by atoms with van der Waals surface area (Å²) in [7, 11) is 0. The number of nitrogens with one attached hydrogen (secondary N) is 1. The lowest BCUT2D eigenvalue weighted by Gasteiger charge is -2.24. The van der Waals surface area contributed by atoms with Crippen molar-refractivity contribution in [3.05, 3.63) is 24.3 Å². The summed E-state index contributed by atoms with van der Waals surface area (Å²) < 4.78 is 11.4. The number of hydrogen-bond donors (Lipinski definition) is 1. The van der Waals surface area contributed by atoms with Gasteiger partial charge >= 0.3 is 0 Å². The molecule has 0 radical (unpaired) electrons. The van der Waals surface area contributed by atoms with Gasteiger partial charge in [-0.25, -0.2) is 9.97 Å². The van der Waals surface area contributed by atoms with E-state index in [9.17, 15) is 4.79 Å². The maximum atomic E-state index is 12.7. The molecule has 1 aromatic heterocycles. The Hall–Kier alpha value is -2.25. The summed E-state index contributed by atoms with van der Waals surface area (Å²) in [5, 5.41) is 2.95. The fourth-order valence-electron chi connectivity index (χ4n) is 3.71. The van der Waals surface area contributed by atoms with Crippen LogP contribution in [0.25, 0.3) is 11.0 Å². The summed E-state index contributed by atoms with van der Waals surface area (Å²) in [4.78, 5) is 24.4. The topological polar surface area (TPSA) is 76.6 Å². The van der Waals surface area contributed by atoms with E-state index in [-0.39, 0.29) is 12.0 Å². The van der Waals surface area contributed by atoms with Gasteiger partial charge in [0.15, 0.2) is 11.6 Å². The molecule has 2 aliphatic rings. The molecule has 0 aliphatic carbocycles. The molecule has 1 amide bonds. The van der Waals surface area contributed by atoms with Crippen molar-refractivity contribution in [3.63, 3.8) is 0 Å². The van der Waals surface area contributed by atoms with Crippen LogP contribution >= 0.6 is 0 Å². The lowest BCUT2D eigenvalue weighted by molar-refractivity contribution is -0.130. The van der Waals surface area contributed by atoms with Gasteiger partial charge in [0, 0.05) is 19.7 Å². The molecule has 3 heterocycles. The van der Waals surface area contributed by atoms with Crippen molar-refractivity contribution in [2.45, 2.75) is 51.2 Å². The van der Waals surface area contributed by atoms with Crippen LogP contribution in [0.3, 0.4) is 0 Å². The second kappa shape index (κ2) is 8.84. The van der Waals surface area contributed by atoms with Gasteiger partial charge in [-0.1, -0.05) is 12.1 Å². The molecule has 2 atom stereocenters. The second-order valence-corrected chi connectivity index (χ2v) is 7.53. The standard InChI is InChI=1S/C21H28N4O3/c1-15(28-14-16-8-4-7-13-27-16)21(26)24-19-20(25-11-5-6-12-25)23-18-10-3-2-9-17(18)22-19/h2-3,9-10,15-16H,4-8,11-14H2,1H3,(H,22,24,26). The van der Waals surface area contributed by atoms with E-state index >= 15 is 0 Å². The zero-order valence-electron chi connectivity index (χ0n) is 16.4. The highest BCUT2D eigenvalue weighted by molar-refractivity contribution is 5.96. The third-order valence-corrected chi connectivity index (χ3v) is 5.37. The van der Waals surface area contributed by atoms with E-state index in [1.54, 1.807) is 6.92 Å². The van der Waals surface area contributed by atoms with E-state index in [0.717, 1.165) is 68.7 Å². The van der Waals surface area contributed by atoms with Gasteiger partial charge in [0.05, 0.1) is 23.7 Å². The first kappa shape index (κ1) is 19.1. The van der Waals surface area contributed by atoms with Crippen LogP contribution in [0.2, 0.25) is 0 Å². The third kappa shape index (κ3) is 4.42. The molecule has 2 saturated heterocycles. The van der Waals surface area contributed by atoms with Crippen LogP contribution < -0.4 is 10.2 Å². The molecule has 0 saturated carbocycles. The molecular formula is C21H28N4O3. The quantitative estimate of drug-likeness (QED) is 0.825. The lowest BCUT2D eigenvalue weighted by Crippen LogP contribution is -2.33. The third-order valence-electron chi connectivity index (χ3n) is 5.37. The Kier molecular flexibility index (Phi) is 6.02. The minimum absolute atomic E-state index is 0.0876. The number of nitrogens with zero attached hydrogens (tertiary/aromatic N) is 3. The van der Waals surface area contributed by atoms with E-state index in [2.05, 4.69) is 15.2 Å². The van der Waals surface area contributed by atoms with Gasteiger partial charge in [-0.2, -0.15) is 0 Å². The highest BCUT2D eigenvalue weighted by Gasteiger charge is 2.24. The van der Waals surface area contributed by atoms with Crippen LogP contribution in [0.4, 0.5) is 11.6 Å². The van der Waals surface area contributed by atoms with Gasteiger partial charge in [-0.15, -0.1) is 0 Å². The Morgan fingerprint density at radius 2 is 1.96 bits per heavy atom. The van der Waals surface area contributed by atoms with Crippen LogP contribution in [0.15, 0.2) is 24.3 Å².